The molecule has 0 radical (unpaired) electrons. The van der Waals surface area contributed by atoms with E-state index in [1.807, 2.05) is 4.98 Å². The van der Waals surface area contributed by atoms with Gasteiger partial charge in [0, 0.05) is 12.1 Å². The van der Waals surface area contributed by atoms with Gasteiger partial charge in [0.2, 0.25) is 5.91 Å². The summed E-state index contributed by atoms with van der Waals surface area (Å²) in [6.45, 7) is 0. The van der Waals surface area contributed by atoms with Gasteiger partial charge in [-0.1, -0.05) is 12.1 Å². The number of carbonyl (C=O) groups excluding carboxylic acids is 1. The van der Waals surface area contributed by atoms with Crippen LogP contribution in [0.3, 0.4) is 0 Å². The van der Waals surface area contributed by atoms with Crippen LogP contribution in [0, 0.1) is 11.7 Å². The van der Waals surface area contributed by atoms with Gasteiger partial charge < -0.3 is 10.3 Å². The molecule has 1 aromatic carbocycles. The average molecular weight is 340 g/mol. The highest BCUT2D eigenvalue weighted by atomic mass is 19.4. The van der Waals surface area contributed by atoms with Crippen molar-refractivity contribution in [3.8, 4) is 0 Å². The van der Waals surface area contributed by atoms with Crippen LogP contribution >= 0.6 is 0 Å². The number of halogens is 4. The summed E-state index contributed by atoms with van der Waals surface area (Å²) in [4.78, 5) is 25.7. The maximum absolute atomic E-state index is 12.9. The lowest BCUT2D eigenvalue weighted by Crippen LogP contribution is -2.22. The number of pyridine rings is 1. The van der Waals surface area contributed by atoms with Crippen LogP contribution in [0.15, 0.2) is 41.3 Å². The van der Waals surface area contributed by atoms with Crippen LogP contribution in [-0.4, -0.2) is 10.9 Å². The Morgan fingerprint density at radius 3 is 2.50 bits per heavy atom. The minimum absolute atomic E-state index is 0.129. The summed E-state index contributed by atoms with van der Waals surface area (Å²) in [5.74, 6) is -1.51. The van der Waals surface area contributed by atoms with Gasteiger partial charge in [-0.05, 0) is 36.1 Å². The maximum Gasteiger partial charge on any atom is 0.417 e. The van der Waals surface area contributed by atoms with Crippen LogP contribution in [0.25, 0.3) is 0 Å². The second-order valence-corrected chi connectivity index (χ2v) is 5.62. The van der Waals surface area contributed by atoms with Gasteiger partial charge in [0.1, 0.15) is 11.5 Å². The second-order valence-electron chi connectivity index (χ2n) is 5.62. The summed E-state index contributed by atoms with van der Waals surface area (Å²) in [6, 6.07) is 6.28. The van der Waals surface area contributed by atoms with Gasteiger partial charge in [-0.25, -0.2) is 4.39 Å². The molecule has 1 aromatic heterocycles. The Hall–Kier alpha value is -2.64. The highest BCUT2D eigenvalue weighted by Gasteiger charge is 2.44. The van der Waals surface area contributed by atoms with E-state index in [0.717, 1.165) is 5.56 Å². The molecule has 2 aromatic rings. The molecule has 2 N–H and O–H groups in total. The molecule has 24 heavy (non-hydrogen) atoms. The number of aromatic amines is 1. The number of carbonyl (C=O) groups is 1. The van der Waals surface area contributed by atoms with Crippen molar-refractivity contribution in [3.63, 3.8) is 0 Å². The fraction of sp³-hybridized carbons (Fsp3) is 0.250. The molecule has 1 saturated carbocycles. The molecule has 2 atom stereocenters. The van der Waals surface area contributed by atoms with Crippen LogP contribution < -0.4 is 10.9 Å². The SMILES string of the molecule is O=C(Nc1cc(C(F)(F)F)c[nH]c1=O)C1CC1c1ccc(F)cc1. The van der Waals surface area contributed by atoms with Gasteiger partial charge in [0.05, 0.1) is 5.56 Å². The van der Waals surface area contributed by atoms with Crippen LogP contribution in [-0.2, 0) is 11.0 Å². The third-order valence-electron chi connectivity index (χ3n) is 3.91. The minimum atomic E-state index is -4.63. The maximum atomic E-state index is 12.9. The van der Waals surface area contributed by atoms with Crippen molar-refractivity contribution in [2.45, 2.75) is 18.5 Å². The Balaban J connectivity index is 1.72. The van der Waals surface area contributed by atoms with Gasteiger partial charge in [0.25, 0.3) is 5.56 Å². The molecule has 126 valence electrons. The highest BCUT2D eigenvalue weighted by Crippen LogP contribution is 2.47. The van der Waals surface area contributed by atoms with Gasteiger partial charge >= 0.3 is 6.18 Å². The van der Waals surface area contributed by atoms with Crippen molar-refractivity contribution in [3.05, 3.63) is 63.8 Å². The number of benzene rings is 1. The number of H-pyrrole nitrogens is 1. The molecule has 0 spiro atoms. The molecular formula is C16H12F4N2O2. The monoisotopic (exact) mass is 340 g/mol. The number of amides is 1. The first-order chi connectivity index (χ1) is 11.3. The zero-order chi connectivity index (χ0) is 17.5. The van der Waals surface area contributed by atoms with E-state index in [0.29, 0.717) is 18.7 Å². The number of hydrogen-bond donors (Lipinski definition) is 2. The zero-order valence-corrected chi connectivity index (χ0v) is 12.2. The van der Waals surface area contributed by atoms with Crippen molar-refractivity contribution in [1.29, 1.82) is 0 Å². The minimum Gasteiger partial charge on any atom is -0.327 e. The summed E-state index contributed by atoms with van der Waals surface area (Å²) in [5, 5.41) is 2.24. The number of nitrogens with one attached hydrogen (secondary N) is 2. The van der Waals surface area contributed by atoms with Crippen molar-refractivity contribution in [2.24, 2.45) is 5.92 Å². The Labute approximate surface area is 133 Å². The first kappa shape index (κ1) is 16.2. The second kappa shape index (κ2) is 5.77. The third kappa shape index (κ3) is 3.32. The van der Waals surface area contributed by atoms with E-state index in [2.05, 4.69) is 5.32 Å². The smallest absolute Gasteiger partial charge is 0.327 e. The standard InChI is InChI=1S/C16H12F4N2O2/c17-10-3-1-8(2-4-10)11-6-12(11)14(23)22-13-5-9(16(18,19)20)7-21-15(13)24/h1-5,7,11-12H,6H2,(H,21,24)(H,22,23). The van der Waals surface area contributed by atoms with Crippen LogP contribution in [0.2, 0.25) is 0 Å². The average Bonchev–Trinajstić information content (AvgIpc) is 3.29. The molecule has 1 aliphatic rings. The van der Waals surface area contributed by atoms with Crippen LogP contribution in [0.5, 0.6) is 0 Å². The Bertz CT molecular complexity index is 827. The van der Waals surface area contributed by atoms with Crippen molar-refractivity contribution < 1.29 is 22.4 Å². The lowest BCUT2D eigenvalue weighted by atomic mass is 10.1. The fourth-order valence-electron chi connectivity index (χ4n) is 2.53. The van der Waals surface area contributed by atoms with E-state index in [1.54, 1.807) is 12.1 Å². The van der Waals surface area contributed by atoms with Gasteiger partial charge in [-0.15, -0.1) is 0 Å². The first-order valence-corrected chi connectivity index (χ1v) is 7.12. The Kier molecular flexibility index (Phi) is 3.90. The normalized spacial score (nSPS) is 19.8. The van der Waals surface area contributed by atoms with E-state index in [4.69, 9.17) is 0 Å². The Morgan fingerprint density at radius 1 is 1.21 bits per heavy atom. The highest BCUT2D eigenvalue weighted by molar-refractivity contribution is 5.95. The predicted octanol–water partition coefficient (Wildman–Crippen LogP) is 3.28. The van der Waals surface area contributed by atoms with Crippen LogP contribution in [0.4, 0.5) is 23.2 Å². The number of alkyl halides is 3. The Morgan fingerprint density at radius 2 is 1.88 bits per heavy atom. The van der Waals surface area contributed by atoms with Gasteiger partial charge in [-0.3, -0.25) is 9.59 Å². The molecule has 4 nitrogen and oxygen atoms in total. The van der Waals surface area contributed by atoms with Crippen LogP contribution in [0.1, 0.15) is 23.5 Å². The van der Waals surface area contributed by atoms with E-state index in [1.165, 1.54) is 12.1 Å². The summed E-state index contributed by atoms with van der Waals surface area (Å²) in [6.07, 6.45) is -3.58. The summed E-state index contributed by atoms with van der Waals surface area (Å²) in [7, 11) is 0. The molecule has 1 amide bonds. The summed E-state index contributed by atoms with van der Waals surface area (Å²) in [5.41, 5.74) is -1.53. The third-order valence-corrected chi connectivity index (χ3v) is 3.91. The molecule has 1 heterocycles. The quantitative estimate of drug-likeness (QED) is 0.843. The number of aromatic nitrogens is 1. The van der Waals surface area contributed by atoms with E-state index < -0.39 is 40.6 Å². The van der Waals surface area contributed by atoms with Crippen molar-refractivity contribution in [1.82, 2.24) is 4.98 Å². The van der Waals surface area contributed by atoms with Gasteiger partial charge in [0.15, 0.2) is 0 Å². The van der Waals surface area contributed by atoms with E-state index in [-0.39, 0.29) is 5.92 Å². The van der Waals surface area contributed by atoms with Gasteiger partial charge in [-0.2, -0.15) is 13.2 Å². The zero-order valence-electron chi connectivity index (χ0n) is 12.2. The fourth-order valence-corrected chi connectivity index (χ4v) is 2.53. The molecule has 1 aliphatic carbocycles. The summed E-state index contributed by atoms with van der Waals surface area (Å²) < 4.78 is 50.9. The first-order valence-electron chi connectivity index (χ1n) is 7.12. The van der Waals surface area contributed by atoms with E-state index in [9.17, 15) is 27.2 Å². The molecule has 8 heteroatoms. The largest absolute Gasteiger partial charge is 0.417 e. The number of rotatable bonds is 3. The lowest BCUT2D eigenvalue weighted by molar-refractivity contribution is -0.137. The molecule has 3 rings (SSSR count). The molecule has 1 fully saturated rings. The molecular weight excluding hydrogens is 328 g/mol. The van der Waals surface area contributed by atoms with Crippen molar-refractivity contribution >= 4 is 11.6 Å². The number of anilines is 1. The summed E-state index contributed by atoms with van der Waals surface area (Å²) >= 11 is 0. The molecule has 2 unspecified atom stereocenters. The molecule has 0 bridgehead atoms. The topological polar surface area (TPSA) is 62.0 Å². The lowest BCUT2D eigenvalue weighted by Gasteiger charge is -2.09. The molecule has 0 saturated heterocycles. The van der Waals surface area contributed by atoms with E-state index >= 15 is 0 Å². The predicted molar refractivity (Wildman–Crippen MR) is 77.9 cm³/mol. The number of hydrogen-bond acceptors (Lipinski definition) is 2. The van der Waals surface area contributed by atoms with Crippen molar-refractivity contribution in [2.75, 3.05) is 5.32 Å². The molecule has 0 aliphatic heterocycles.